The monoisotopic (exact) mass is 347 g/mol. The highest BCUT2D eigenvalue weighted by molar-refractivity contribution is 14.1. The largest absolute Gasteiger partial charge is 0.444 e. The molecule has 94 valence electrons. The molecule has 0 saturated heterocycles. The fraction of sp³-hybridized carbons (Fsp3) is 0.462. The summed E-state index contributed by atoms with van der Waals surface area (Å²) in [6.45, 7) is 9.52. The predicted molar refractivity (Wildman–Crippen MR) is 78.5 cm³/mol. The summed E-state index contributed by atoms with van der Waals surface area (Å²) in [6.07, 6.45) is -0.416. The lowest BCUT2D eigenvalue weighted by Crippen LogP contribution is -2.27. The number of aryl methyl sites for hydroxylation is 2. The molecular formula is C13H18INO2. The van der Waals surface area contributed by atoms with Crippen LogP contribution in [-0.2, 0) is 4.74 Å². The third kappa shape index (κ3) is 4.53. The van der Waals surface area contributed by atoms with E-state index in [9.17, 15) is 4.79 Å². The number of hydrogen-bond acceptors (Lipinski definition) is 2. The summed E-state index contributed by atoms with van der Waals surface area (Å²) in [5, 5.41) is 2.77. The van der Waals surface area contributed by atoms with Gasteiger partial charge < -0.3 is 4.74 Å². The molecule has 0 heterocycles. The van der Waals surface area contributed by atoms with E-state index in [4.69, 9.17) is 4.74 Å². The first kappa shape index (κ1) is 14.3. The van der Waals surface area contributed by atoms with Gasteiger partial charge in [0.15, 0.2) is 0 Å². The van der Waals surface area contributed by atoms with Crippen LogP contribution in [0.4, 0.5) is 10.5 Å². The Balaban J connectivity index is 2.82. The molecule has 4 heteroatoms. The number of hydrogen-bond donors (Lipinski definition) is 1. The highest BCUT2D eigenvalue weighted by Gasteiger charge is 2.16. The average Bonchev–Trinajstić information content (AvgIpc) is 2.11. The number of carbonyl (C=O) groups is 1. The van der Waals surface area contributed by atoms with E-state index in [0.29, 0.717) is 0 Å². The number of benzene rings is 1. The summed E-state index contributed by atoms with van der Waals surface area (Å²) in [5.74, 6) is 0. The molecule has 0 atom stereocenters. The highest BCUT2D eigenvalue weighted by Crippen LogP contribution is 2.22. The Kier molecular flexibility index (Phi) is 4.41. The molecule has 0 aliphatic rings. The van der Waals surface area contributed by atoms with Gasteiger partial charge in [-0.05, 0) is 80.5 Å². The molecule has 0 aliphatic carbocycles. The molecule has 0 saturated carbocycles. The highest BCUT2D eigenvalue weighted by atomic mass is 127. The van der Waals surface area contributed by atoms with E-state index in [-0.39, 0.29) is 0 Å². The molecule has 1 aromatic carbocycles. The first-order valence-corrected chi connectivity index (χ1v) is 6.53. The molecule has 0 unspecified atom stereocenters. The van der Waals surface area contributed by atoms with Gasteiger partial charge in [-0.15, -0.1) is 0 Å². The second-order valence-corrected chi connectivity index (χ2v) is 6.21. The van der Waals surface area contributed by atoms with Gasteiger partial charge in [0.05, 0.1) is 0 Å². The van der Waals surface area contributed by atoms with Gasteiger partial charge in [0, 0.05) is 9.26 Å². The van der Waals surface area contributed by atoms with Crippen molar-refractivity contribution >= 4 is 34.4 Å². The Morgan fingerprint density at radius 3 is 2.35 bits per heavy atom. The lowest BCUT2D eigenvalue weighted by atomic mass is 10.1. The summed E-state index contributed by atoms with van der Waals surface area (Å²) < 4.78 is 6.40. The number of carbonyl (C=O) groups excluding carboxylic acids is 1. The molecule has 1 N–H and O–H groups in total. The van der Waals surface area contributed by atoms with Crippen molar-refractivity contribution in [2.24, 2.45) is 0 Å². The van der Waals surface area contributed by atoms with Crippen molar-refractivity contribution in [1.82, 2.24) is 0 Å². The van der Waals surface area contributed by atoms with Crippen LogP contribution >= 0.6 is 22.6 Å². The van der Waals surface area contributed by atoms with Gasteiger partial charge in [0.1, 0.15) is 5.60 Å². The Labute approximate surface area is 116 Å². The Morgan fingerprint density at radius 2 is 1.82 bits per heavy atom. The summed E-state index contributed by atoms with van der Waals surface area (Å²) in [6, 6.07) is 4.00. The molecule has 17 heavy (non-hydrogen) atoms. The Bertz CT molecular complexity index is 436. The topological polar surface area (TPSA) is 38.3 Å². The molecule has 1 amide bonds. The minimum absolute atomic E-state index is 0.416. The smallest absolute Gasteiger partial charge is 0.412 e. The SMILES string of the molecule is Cc1cc(NC(=O)OC(C)(C)C)c(C)cc1I. The van der Waals surface area contributed by atoms with Crippen LogP contribution in [-0.4, -0.2) is 11.7 Å². The van der Waals surface area contributed by atoms with Crippen molar-refractivity contribution in [2.45, 2.75) is 40.2 Å². The van der Waals surface area contributed by atoms with Gasteiger partial charge in [0.25, 0.3) is 0 Å². The summed E-state index contributed by atoms with van der Waals surface area (Å²) >= 11 is 2.28. The minimum atomic E-state index is -0.476. The second kappa shape index (κ2) is 5.25. The number of ether oxygens (including phenoxy) is 1. The molecule has 0 radical (unpaired) electrons. The molecule has 1 aromatic rings. The molecular weight excluding hydrogens is 329 g/mol. The van der Waals surface area contributed by atoms with Crippen LogP contribution < -0.4 is 5.32 Å². The summed E-state index contributed by atoms with van der Waals surface area (Å²) in [7, 11) is 0. The Morgan fingerprint density at radius 1 is 1.24 bits per heavy atom. The van der Waals surface area contributed by atoms with Gasteiger partial charge in [-0.2, -0.15) is 0 Å². The minimum Gasteiger partial charge on any atom is -0.444 e. The third-order valence-corrected chi connectivity index (χ3v) is 3.30. The lowest BCUT2D eigenvalue weighted by molar-refractivity contribution is 0.0636. The van der Waals surface area contributed by atoms with E-state index in [1.54, 1.807) is 0 Å². The van der Waals surface area contributed by atoms with Gasteiger partial charge in [-0.1, -0.05) is 0 Å². The lowest BCUT2D eigenvalue weighted by Gasteiger charge is -2.20. The van der Waals surface area contributed by atoms with Gasteiger partial charge in [-0.3, -0.25) is 5.32 Å². The second-order valence-electron chi connectivity index (χ2n) is 5.04. The number of amides is 1. The van der Waals surface area contributed by atoms with Crippen molar-refractivity contribution < 1.29 is 9.53 Å². The standard InChI is InChI=1S/C13H18INO2/c1-8-7-11(9(2)6-10(8)14)15-12(16)17-13(3,4)5/h6-7H,1-5H3,(H,15,16). The van der Waals surface area contributed by atoms with E-state index in [1.165, 1.54) is 3.57 Å². The van der Waals surface area contributed by atoms with Crippen molar-refractivity contribution in [2.75, 3.05) is 5.32 Å². The first-order valence-electron chi connectivity index (χ1n) is 5.46. The van der Waals surface area contributed by atoms with Gasteiger partial charge in [-0.25, -0.2) is 4.79 Å². The molecule has 0 aliphatic heterocycles. The van der Waals surface area contributed by atoms with Crippen molar-refractivity contribution in [3.8, 4) is 0 Å². The van der Waals surface area contributed by atoms with Gasteiger partial charge >= 0.3 is 6.09 Å². The predicted octanol–water partition coefficient (Wildman–Crippen LogP) is 4.26. The number of halogens is 1. The van der Waals surface area contributed by atoms with E-state index in [0.717, 1.165) is 16.8 Å². The van der Waals surface area contributed by atoms with Gasteiger partial charge in [0.2, 0.25) is 0 Å². The molecule has 0 fully saturated rings. The van der Waals surface area contributed by atoms with E-state index < -0.39 is 11.7 Å². The quantitative estimate of drug-likeness (QED) is 0.771. The molecule has 0 bridgehead atoms. The average molecular weight is 347 g/mol. The maximum absolute atomic E-state index is 11.6. The van der Waals surface area contributed by atoms with Crippen LogP contribution in [0.2, 0.25) is 0 Å². The van der Waals surface area contributed by atoms with Crippen LogP contribution in [0.15, 0.2) is 12.1 Å². The van der Waals surface area contributed by atoms with Crippen LogP contribution in [0.1, 0.15) is 31.9 Å². The number of rotatable bonds is 1. The number of nitrogens with one attached hydrogen (secondary N) is 1. The zero-order valence-corrected chi connectivity index (χ0v) is 13.0. The zero-order valence-electron chi connectivity index (χ0n) is 10.8. The summed E-state index contributed by atoms with van der Waals surface area (Å²) in [5.41, 5.74) is 2.50. The normalized spacial score (nSPS) is 11.2. The van der Waals surface area contributed by atoms with Crippen LogP contribution in [0, 0.1) is 17.4 Å². The van der Waals surface area contributed by atoms with Crippen molar-refractivity contribution in [3.05, 3.63) is 26.8 Å². The number of anilines is 1. The van der Waals surface area contributed by atoms with Crippen molar-refractivity contribution in [1.29, 1.82) is 0 Å². The van der Waals surface area contributed by atoms with Crippen LogP contribution in [0.5, 0.6) is 0 Å². The molecule has 1 rings (SSSR count). The zero-order chi connectivity index (χ0) is 13.2. The van der Waals surface area contributed by atoms with E-state index in [1.807, 2.05) is 46.8 Å². The maximum Gasteiger partial charge on any atom is 0.412 e. The van der Waals surface area contributed by atoms with Crippen LogP contribution in [0.25, 0.3) is 0 Å². The third-order valence-electron chi connectivity index (χ3n) is 2.14. The fourth-order valence-electron chi connectivity index (χ4n) is 1.33. The fourth-order valence-corrected chi connectivity index (χ4v) is 1.95. The van der Waals surface area contributed by atoms with E-state index in [2.05, 4.69) is 27.9 Å². The Hall–Kier alpha value is -0.780. The van der Waals surface area contributed by atoms with Crippen LogP contribution in [0.3, 0.4) is 0 Å². The first-order chi connectivity index (χ1) is 7.69. The maximum atomic E-state index is 11.6. The summed E-state index contributed by atoms with van der Waals surface area (Å²) in [4.78, 5) is 11.6. The molecule has 0 aromatic heterocycles. The molecule has 0 spiro atoms. The van der Waals surface area contributed by atoms with Crippen molar-refractivity contribution in [3.63, 3.8) is 0 Å². The molecule has 3 nitrogen and oxygen atoms in total. The van der Waals surface area contributed by atoms with E-state index >= 15 is 0 Å².